The Morgan fingerprint density at radius 3 is 2.36 bits per heavy atom. The number of sulfone groups is 1. The Kier molecular flexibility index (Phi) is 8.22. The molecule has 0 aliphatic rings. The predicted octanol–water partition coefficient (Wildman–Crippen LogP) is 3.19. The number of amides is 1. The number of halogens is 1. The van der Waals surface area contributed by atoms with Crippen molar-refractivity contribution >= 4 is 37.3 Å². The number of carbonyl (C=O) groups is 1. The molecule has 0 unspecified atom stereocenters. The molecule has 178 valence electrons. The molecule has 1 amide bonds. The molecule has 0 radical (unpaired) electrons. The minimum atomic E-state index is -3.62. The molecule has 0 fully saturated rings. The Balaban J connectivity index is 1.85. The van der Waals surface area contributed by atoms with Gasteiger partial charge in [-0.25, -0.2) is 12.8 Å². The van der Waals surface area contributed by atoms with Crippen LogP contribution < -0.4 is 14.3 Å². The molecule has 1 heterocycles. The molecule has 8 nitrogen and oxygen atoms in total. The van der Waals surface area contributed by atoms with Gasteiger partial charge in [-0.1, -0.05) is 11.3 Å². The van der Waals surface area contributed by atoms with Crippen LogP contribution in [0, 0.1) is 5.82 Å². The van der Waals surface area contributed by atoms with Crippen molar-refractivity contribution in [1.29, 1.82) is 0 Å². The van der Waals surface area contributed by atoms with Crippen LogP contribution in [0.2, 0.25) is 0 Å². The summed E-state index contributed by atoms with van der Waals surface area (Å²) in [5.74, 6) is 0.0393. The largest absolute Gasteiger partial charge is 0.495 e. The van der Waals surface area contributed by atoms with Crippen LogP contribution >= 0.6 is 11.3 Å². The second kappa shape index (κ2) is 10.9. The van der Waals surface area contributed by atoms with Crippen molar-refractivity contribution in [3.05, 3.63) is 47.0 Å². The first-order chi connectivity index (χ1) is 15.8. The van der Waals surface area contributed by atoms with Crippen LogP contribution in [0.1, 0.15) is 12.8 Å². The number of nitrogens with zero attached hydrogens (tertiary/aromatic N) is 2. The van der Waals surface area contributed by atoms with Crippen LogP contribution in [0.3, 0.4) is 0 Å². The predicted molar refractivity (Wildman–Crippen MR) is 123 cm³/mol. The van der Waals surface area contributed by atoms with Gasteiger partial charge in [-0.15, -0.1) is 0 Å². The SMILES string of the molecule is COCCn1c(=NC(=O)CCCS(=O)(=O)c2ccc(F)cc2)sc2c(OC)ccc(OC)c21. The van der Waals surface area contributed by atoms with Crippen LogP contribution in [0.25, 0.3) is 10.2 Å². The Morgan fingerprint density at radius 1 is 1.06 bits per heavy atom. The van der Waals surface area contributed by atoms with Gasteiger partial charge in [0.05, 0.1) is 31.5 Å². The van der Waals surface area contributed by atoms with Crippen molar-refractivity contribution in [3.63, 3.8) is 0 Å². The maximum absolute atomic E-state index is 13.0. The highest BCUT2D eigenvalue weighted by Gasteiger charge is 2.18. The van der Waals surface area contributed by atoms with Gasteiger partial charge in [-0.05, 0) is 42.8 Å². The zero-order chi connectivity index (χ0) is 24.0. The van der Waals surface area contributed by atoms with Gasteiger partial charge < -0.3 is 18.8 Å². The summed E-state index contributed by atoms with van der Waals surface area (Å²) in [5.41, 5.74) is 0.740. The Labute approximate surface area is 195 Å². The van der Waals surface area contributed by atoms with Gasteiger partial charge in [0.25, 0.3) is 0 Å². The molecule has 0 aliphatic carbocycles. The first-order valence-electron chi connectivity index (χ1n) is 10.1. The first-order valence-corrected chi connectivity index (χ1v) is 12.6. The van der Waals surface area contributed by atoms with Crippen LogP contribution in [0.5, 0.6) is 11.5 Å². The number of fused-ring (bicyclic) bond motifs is 1. The molecule has 0 saturated heterocycles. The summed E-state index contributed by atoms with van der Waals surface area (Å²) < 4.78 is 56.6. The van der Waals surface area contributed by atoms with E-state index in [1.54, 1.807) is 33.5 Å². The lowest BCUT2D eigenvalue weighted by Crippen LogP contribution is -2.19. The molecule has 3 rings (SSSR count). The fourth-order valence-corrected chi connectivity index (χ4v) is 5.76. The molecule has 3 aromatic rings. The van der Waals surface area contributed by atoms with Gasteiger partial charge in [0.2, 0.25) is 5.91 Å². The van der Waals surface area contributed by atoms with E-state index in [4.69, 9.17) is 14.2 Å². The van der Waals surface area contributed by atoms with E-state index in [1.807, 2.05) is 4.57 Å². The van der Waals surface area contributed by atoms with Crippen LogP contribution in [0.4, 0.5) is 4.39 Å². The number of thiazole rings is 1. The average molecular weight is 497 g/mol. The standard InChI is InChI=1S/C22H25FN2O6S2/c1-29-13-12-25-20-17(30-2)10-11-18(31-3)21(20)32-22(25)24-19(26)5-4-14-33(27,28)16-8-6-15(23)7-9-16/h6-11H,4-5,12-14H2,1-3H3. The molecule has 0 spiro atoms. The van der Waals surface area contributed by atoms with Crippen LogP contribution in [-0.4, -0.2) is 52.6 Å². The highest BCUT2D eigenvalue weighted by atomic mass is 32.2. The third-order valence-corrected chi connectivity index (χ3v) is 7.82. The molecule has 1 aromatic heterocycles. The van der Waals surface area contributed by atoms with Crippen molar-refractivity contribution in [2.24, 2.45) is 4.99 Å². The highest BCUT2D eigenvalue weighted by Crippen LogP contribution is 2.35. The lowest BCUT2D eigenvalue weighted by Gasteiger charge is -2.09. The van der Waals surface area contributed by atoms with E-state index in [1.165, 1.54) is 23.5 Å². The molecule has 0 bridgehead atoms. The second-order valence-corrected chi connectivity index (χ2v) is 10.1. The monoisotopic (exact) mass is 496 g/mol. The van der Waals surface area contributed by atoms with E-state index in [0.29, 0.717) is 29.5 Å². The van der Waals surface area contributed by atoms with E-state index in [0.717, 1.165) is 22.3 Å². The van der Waals surface area contributed by atoms with E-state index in [9.17, 15) is 17.6 Å². The molecule has 0 atom stereocenters. The van der Waals surface area contributed by atoms with Crippen LogP contribution in [-0.2, 0) is 25.9 Å². The van der Waals surface area contributed by atoms with Gasteiger partial charge in [-0.3, -0.25) is 4.79 Å². The molecule has 11 heteroatoms. The van der Waals surface area contributed by atoms with E-state index >= 15 is 0 Å². The summed E-state index contributed by atoms with van der Waals surface area (Å²) in [6.07, 6.45) is 0.0465. The van der Waals surface area contributed by atoms with Crippen LogP contribution in [0.15, 0.2) is 46.3 Å². The van der Waals surface area contributed by atoms with Crippen molar-refractivity contribution < 1.29 is 31.8 Å². The minimum absolute atomic E-state index is 0.0226. The fraction of sp³-hybridized carbons (Fsp3) is 0.364. The molecule has 0 aliphatic heterocycles. The number of carbonyl (C=O) groups excluding carboxylic acids is 1. The van der Waals surface area contributed by atoms with Crippen molar-refractivity contribution in [3.8, 4) is 11.5 Å². The zero-order valence-electron chi connectivity index (χ0n) is 18.5. The Morgan fingerprint density at radius 2 is 1.73 bits per heavy atom. The van der Waals surface area contributed by atoms with Crippen molar-refractivity contribution in [2.45, 2.75) is 24.3 Å². The lowest BCUT2D eigenvalue weighted by molar-refractivity contribution is -0.118. The van der Waals surface area contributed by atoms with Crippen molar-refractivity contribution in [1.82, 2.24) is 4.57 Å². The smallest absolute Gasteiger partial charge is 0.248 e. The summed E-state index contributed by atoms with van der Waals surface area (Å²) in [7, 11) is 1.08. The van der Waals surface area contributed by atoms with Gasteiger partial charge in [0.15, 0.2) is 14.6 Å². The summed E-state index contributed by atoms with van der Waals surface area (Å²) in [5, 5.41) is 0. The summed E-state index contributed by atoms with van der Waals surface area (Å²) in [4.78, 5) is 17.3. The number of hydrogen-bond donors (Lipinski definition) is 0. The van der Waals surface area contributed by atoms with Crippen molar-refractivity contribution in [2.75, 3.05) is 33.7 Å². The number of methoxy groups -OCH3 is 3. The quantitative estimate of drug-likeness (QED) is 0.400. The maximum Gasteiger partial charge on any atom is 0.248 e. The van der Waals surface area contributed by atoms with E-state index < -0.39 is 21.6 Å². The normalized spacial score (nSPS) is 12.3. The van der Waals surface area contributed by atoms with Gasteiger partial charge in [0.1, 0.15) is 27.5 Å². The minimum Gasteiger partial charge on any atom is -0.495 e. The zero-order valence-corrected chi connectivity index (χ0v) is 20.2. The number of benzene rings is 2. The van der Waals surface area contributed by atoms with Gasteiger partial charge in [0, 0.05) is 20.1 Å². The third kappa shape index (κ3) is 5.79. The fourth-order valence-electron chi connectivity index (χ4n) is 3.27. The summed E-state index contributed by atoms with van der Waals surface area (Å²) in [6, 6.07) is 8.18. The third-order valence-electron chi connectivity index (χ3n) is 4.91. The Bertz CT molecular complexity index is 1300. The maximum atomic E-state index is 13.0. The number of hydrogen-bond acceptors (Lipinski definition) is 7. The van der Waals surface area contributed by atoms with E-state index in [2.05, 4.69) is 4.99 Å². The molecule has 0 saturated carbocycles. The summed E-state index contributed by atoms with van der Waals surface area (Å²) in [6.45, 7) is 0.828. The first kappa shape index (κ1) is 24.9. The lowest BCUT2D eigenvalue weighted by atomic mass is 10.3. The average Bonchev–Trinajstić information content (AvgIpc) is 3.15. The van der Waals surface area contributed by atoms with Gasteiger partial charge >= 0.3 is 0 Å². The molecule has 33 heavy (non-hydrogen) atoms. The Hall–Kier alpha value is -2.76. The molecule has 2 aromatic carbocycles. The van der Waals surface area contributed by atoms with Gasteiger partial charge in [-0.2, -0.15) is 4.99 Å². The van der Waals surface area contributed by atoms with E-state index in [-0.39, 0.29) is 23.5 Å². The molecule has 0 N–H and O–H groups in total. The highest BCUT2D eigenvalue weighted by molar-refractivity contribution is 7.91. The topological polar surface area (TPSA) is 96.2 Å². The summed E-state index contributed by atoms with van der Waals surface area (Å²) >= 11 is 1.28. The molecular formula is C22H25FN2O6S2. The number of rotatable bonds is 10. The molecular weight excluding hydrogens is 471 g/mol. The second-order valence-electron chi connectivity index (χ2n) is 7.06. The number of aromatic nitrogens is 1. The number of ether oxygens (including phenoxy) is 3.